The van der Waals surface area contributed by atoms with Crippen molar-refractivity contribution in [3.63, 3.8) is 0 Å². The third-order valence-electron chi connectivity index (χ3n) is 8.65. The van der Waals surface area contributed by atoms with E-state index in [-0.39, 0.29) is 30.1 Å². The average Bonchev–Trinajstić information content (AvgIpc) is 3.01. The summed E-state index contributed by atoms with van der Waals surface area (Å²) in [4.78, 5) is 30.8. The molecule has 4 heterocycles. The first-order chi connectivity index (χ1) is 22.1. The van der Waals surface area contributed by atoms with Gasteiger partial charge in [0.1, 0.15) is 24.3 Å². The van der Waals surface area contributed by atoms with Crippen molar-refractivity contribution in [1.82, 2.24) is 24.8 Å². The monoisotopic (exact) mass is 634 g/mol. The van der Waals surface area contributed by atoms with Gasteiger partial charge in [0.25, 0.3) is 5.91 Å². The Bertz CT molecular complexity index is 1600. The number of nitrogens with one attached hydrogen (secondary N) is 1. The van der Waals surface area contributed by atoms with E-state index in [0.717, 1.165) is 49.1 Å². The maximum atomic E-state index is 14.9. The van der Waals surface area contributed by atoms with E-state index in [0.29, 0.717) is 23.6 Å². The van der Waals surface area contributed by atoms with Crippen LogP contribution in [0.25, 0.3) is 11.4 Å². The molecule has 3 unspecified atom stereocenters. The number of hydrogen-bond donors (Lipinski definition) is 2. The number of ether oxygens (including phenoxy) is 2. The molecule has 242 valence electrons. The van der Waals surface area contributed by atoms with Crippen LogP contribution >= 0.6 is 0 Å². The first-order valence-corrected chi connectivity index (χ1v) is 15.3. The van der Waals surface area contributed by atoms with Crippen LogP contribution in [0.4, 0.5) is 26.1 Å². The Morgan fingerprint density at radius 2 is 1.96 bits per heavy atom. The fourth-order valence-corrected chi connectivity index (χ4v) is 6.03. The van der Waals surface area contributed by atoms with Gasteiger partial charge in [0.2, 0.25) is 5.95 Å². The summed E-state index contributed by atoms with van der Waals surface area (Å²) in [6, 6.07) is 15.5. The van der Waals surface area contributed by atoms with Gasteiger partial charge in [0.05, 0.1) is 31.4 Å². The van der Waals surface area contributed by atoms with Crippen LogP contribution in [0.1, 0.15) is 25.8 Å². The highest BCUT2D eigenvalue weighted by atomic mass is 19.3. The van der Waals surface area contributed by atoms with Gasteiger partial charge in [-0.2, -0.15) is 10.2 Å². The number of rotatable bonds is 8. The summed E-state index contributed by atoms with van der Waals surface area (Å²) in [6.07, 6.45) is -1.72. The van der Waals surface area contributed by atoms with Crippen molar-refractivity contribution in [2.45, 2.75) is 50.5 Å². The molecule has 0 bridgehead atoms. The molecule has 3 aromatic rings. The van der Waals surface area contributed by atoms with E-state index in [1.807, 2.05) is 18.2 Å². The van der Waals surface area contributed by atoms with Crippen LogP contribution in [0, 0.1) is 11.3 Å². The summed E-state index contributed by atoms with van der Waals surface area (Å²) < 4.78 is 40.8. The molecule has 3 atom stereocenters. The summed E-state index contributed by atoms with van der Waals surface area (Å²) >= 11 is 0. The van der Waals surface area contributed by atoms with Crippen LogP contribution in [0.3, 0.4) is 0 Å². The number of benzene rings is 2. The second-order valence-corrected chi connectivity index (χ2v) is 11.9. The Kier molecular flexibility index (Phi) is 8.99. The first kappa shape index (κ1) is 31.5. The second kappa shape index (κ2) is 13.1. The minimum absolute atomic E-state index is 0.00000787. The van der Waals surface area contributed by atoms with Crippen molar-refractivity contribution in [2.24, 2.45) is 0 Å². The van der Waals surface area contributed by atoms with E-state index in [4.69, 9.17) is 9.47 Å². The number of alkyl halides is 2. The number of piperidine rings is 1. The topological polar surface area (TPSA) is 140 Å². The number of carbonyl (C=O) groups excluding carboxylic acids is 1. The number of piperazine rings is 1. The zero-order chi connectivity index (χ0) is 32.4. The van der Waals surface area contributed by atoms with Crippen LogP contribution in [0.2, 0.25) is 0 Å². The quantitative estimate of drug-likeness (QED) is 0.378. The number of aliphatic hydroxyl groups is 1. The van der Waals surface area contributed by atoms with Gasteiger partial charge in [-0.15, -0.1) is 0 Å². The van der Waals surface area contributed by atoms with Gasteiger partial charge < -0.3 is 29.7 Å². The lowest BCUT2D eigenvalue weighted by molar-refractivity contribution is -0.165. The Labute approximate surface area is 265 Å². The van der Waals surface area contributed by atoms with Gasteiger partial charge in [-0.1, -0.05) is 0 Å². The summed E-state index contributed by atoms with van der Waals surface area (Å²) in [6.45, 7) is 7.20. The molecule has 14 heteroatoms. The second-order valence-electron chi connectivity index (χ2n) is 11.9. The molecule has 2 aromatic carbocycles. The van der Waals surface area contributed by atoms with Crippen molar-refractivity contribution in [3.05, 3.63) is 54.4 Å². The van der Waals surface area contributed by atoms with E-state index in [9.17, 15) is 23.9 Å². The predicted molar refractivity (Wildman–Crippen MR) is 165 cm³/mol. The number of aromatic nitrogens is 3. The van der Waals surface area contributed by atoms with Gasteiger partial charge in [-0.25, -0.2) is 18.7 Å². The fraction of sp³-hybridized carbons (Fsp3) is 0.469. The Balaban J connectivity index is 1.10. The van der Waals surface area contributed by atoms with Gasteiger partial charge in [-0.3, -0.25) is 9.69 Å². The van der Waals surface area contributed by atoms with E-state index >= 15 is 0 Å². The van der Waals surface area contributed by atoms with Crippen LogP contribution in [0.5, 0.6) is 5.75 Å². The third kappa shape index (κ3) is 6.72. The number of carbonyl (C=O) groups is 1. The number of hydrogen-bond acceptors (Lipinski definition) is 11. The molecule has 0 spiro atoms. The molecule has 3 aliphatic rings. The average molecular weight is 635 g/mol. The van der Waals surface area contributed by atoms with Gasteiger partial charge in [0, 0.05) is 55.6 Å². The molecule has 3 saturated heterocycles. The van der Waals surface area contributed by atoms with E-state index < -0.39 is 30.6 Å². The lowest BCUT2D eigenvalue weighted by atomic mass is 10.0. The SMILES string of the molecule is CC(O)C(=O)N1CCC(Oc2ccc(-c3ncnc(Nc4ccc(N5CCN(C6COC6)CC5C)cc4)n3)cc2C#N)C(F)(F)C1. The smallest absolute Gasteiger partial charge is 0.301 e. The molecule has 6 rings (SSSR count). The van der Waals surface area contributed by atoms with Crippen molar-refractivity contribution < 1.29 is 28.2 Å². The molecule has 3 fully saturated rings. The van der Waals surface area contributed by atoms with E-state index in [1.54, 1.807) is 6.07 Å². The number of nitriles is 1. The normalized spacial score (nSPS) is 22.4. The Morgan fingerprint density at radius 3 is 2.61 bits per heavy atom. The van der Waals surface area contributed by atoms with Gasteiger partial charge >= 0.3 is 5.92 Å². The molecular formula is C32H36F2N8O4. The summed E-state index contributed by atoms with van der Waals surface area (Å²) in [5.41, 5.74) is 2.46. The van der Waals surface area contributed by atoms with Crippen LogP contribution in [-0.2, 0) is 9.53 Å². The summed E-state index contributed by atoms with van der Waals surface area (Å²) in [7, 11) is 0. The fourth-order valence-electron chi connectivity index (χ4n) is 6.03. The van der Waals surface area contributed by atoms with Crippen LogP contribution in [0.15, 0.2) is 48.8 Å². The van der Waals surface area contributed by atoms with Gasteiger partial charge in [0.15, 0.2) is 11.9 Å². The maximum absolute atomic E-state index is 14.9. The van der Waals surface area contributed by atoms with Crippen molar-refractivity contribution in [3.8, 4) is 23.2 Å². The molecule has 12 nitrogen and oxygen atoms in total. The molecule has 2 N–H and O–H groups in total. The Morgan fingerprint density at radius 1 is 1.17 bits per heavy atom. The number of likely N-dealkylation sites (tertiary alicyclic amines) is 1. The molecule has 0 aliphatic carbocycles. The third-order valence-corrected chi connectivity index (χ3v) is 8.65. The molecule has 0 radical (unpaired) electrons. The zero-order valence-corrected chi connectivity index (χ0v) is 25.6. The first-order valence-electron chi connectivity index (χ1n) is 15.3. The minimum atomic E-state index is -3.38. The van der Waals surface area contributed by atoms with E-state index in [1.165, 1.54) is 25.4 Å². The van der Waals surface area contributed by atoms with Crippen LogP contribution < -0.4 is 15.0 Å². The molecule has 1 aromatic heterocycles. The lowest BCUT2D eigenvalue weighted by Gasteiger charge is -2.46. The van der Waals surface area contributed by atoms with Gasteiger partial charge in [-0.05, 0) is 56.3 Å². The number of aliphatic hydroxyl groups excluding tert-OH is 1. The zero-order valence-electron chi connectivity index (χ0n) is 25.6. The summed E-state index contributed by atoms with van der Waals surface area (Å²) in [5.74, 6) is -3.55. The number of nitrogens with zero attached hydrogens (tertiary/aromatic N) is 7. The van der Waals surface area contributed by atoms with Crippen molar-refractivity contribution >= 4 is 23.2 Å². The predicted octanol–water partition coefficient (Wildman–Crippen LogP) is 3.06. The van der Waals surface area contributed by atoms with Crippen molar-refractivity contribution in [1.29, 1.82) is 5.26 Å². The van der Waals surface area contributed by atoms with Crippen LogP contribution in [-0.4, -0.2) is 112 Å². The number of anilines is 3. The van der Waals surface area contributed by atoms with Crippen molar-refractivity contribution in [2.75, 3.05) is 56.2 Å². The highest BCUT2D eigenvalue weighted by molar-refractivity contribution is 5.80. The van der Waals surface area contributed by atoms with E-state index in [2.05, 4.69) is 49.1 Å². The minimum Gasteiger partial charge on any atom is -0.483 e. The lowest BCUT2D eigenvalue weighted by Crippen LogP contribution is -2.59. The standard InChI is InChI=1S/C32H36F2N8O4/c1-20-15-40(26-16-45-17-26)11-12-42(20)25-6-4-24(5-7-25)38-31-37-19-36-29(39-31)22-3-8-27(23(13-22)14-35)46-28-9-10-41(18-32(28,33)34)30(44)21(2)43/h3-8,13,19-21,26,28,43H,9-12,15-18H2,1-2H3,(H,36,37,38,39). The molecule has 1 amide bonds. The molecule has 0 saturated carbocycles. The number of halogens is 2. The largest absolute Gasteiger partial charge is 0.483 e. The Hall–Kier alpha value is -4.45. The maximum Gasteiger partial charge on any atom is 0.301 e. The highest BCUT2D eigenvalue weighted by Gasteiger charge is 2.48. The highest BCUT2D eigenvalue weighted by Crippen LogP contribution is 2.34. The number of amides is 1. The molecular weight excluding hydrogens is 598 g/mol. The summed E-state index contributed by atoms with van der Waals surface area (Å²) in [5, 5.41) is 22.5. The molecule has 3 aliphatic heterocycles. The molecule has 46 heavy (non-hydrogen) atoms.